The van der Waals surface area contributed by atoms with E-state index in [4.69, 9.17) is 10.5 Å². The summed E-state index contributed by atoms with van der Waals surface area (Å²) in [6.45, 7) is 2.33. The number of hydrogen-bond donors (Lipinski definition) is 3. The van der Waals surface area contributed by atoms with Crippen LogP contribution < -0.4 is 5.73 Å². The molecule has 2 aliphatic heterocycles. The van der Waals surface area contributed by atoms with Crippen LogP contribution in [0.25, 0.3) is 16.3 Å². The zero-order valence-electron chi connectivity index (χ0n) is 21.7. The molecule has 0 amide bonds. The zero-order valence-corrected chi connectivity index (χ0v) is 21.7. The molecule has 7 rings (SSSR count). The van der Waals surface area contributed by atoms with Crippen LogP contribution in [0.4, 0.5) is 10.2 Å². The van der Waals surface area contributed by atoms with Gasteiger partial charge in [0, 0.05) is 35.4 Å². The minimum atomic E-state index is -1.99. The number of aromatic nitrogens is 1. The van der Waals surface area contributed by atoms with Gasteiger partial charge >= 0.3 is 0 Å². The number of alkyl halides is 1. The molecule has 3 heterocycles. The number of ether oxygens (including phenoxy) is 1. The van der Waals surface area contributed by atoms with Gasteiger partial charge in [0.2, 0.25) is 0 Å². The first-order chi connectivity index (χ1) is 17.5. The van der Waals surface area contributed by atoms with Crippen LogP contribution in [0.2, 0.25) is 0 Å². The molecule has 1 saturated carbocycles. The molecule has 1 aromatic carbocycles. The van der Waals surface area contributed by atoms with Crippen molar-refractivity contribution in [2.24, 2.45) is 11.3 Å². The molecule has 2 saturated heterocycles. The summed E-state index contributed by atoms with van der Waals surface area (Å²) < 4.78 is 23.9. The lowest BCUT2D eigenvalue weighted by Gasteiger charge is -2.61. The summed E-state index contributed by atoms with van der Waals surface area (Å²) in [5, 5.41) is 24.1. The minimum Gasteiger partial charge on any atom is -0.389 e. The average Bonchev–Trinajstić information content (AvgIpc) is 3.40. The molecule has 1 aromatic heterocycles. The van der Waals surface area contributed by atoms with Gasteiger partial charge in [0.05, 0.1) is 11.7 Å². The average molecular weight is 506 g/mol. The van der Waals surface area contributed by atoms with Crippen LogP contribution in [-0.4, -0.2) is 69.3 Å². The molecule has 4 N–H and O–H groups in total. The number of halogens is 1. The van der Waals surface area contributed by atoms with Gasteiger partial charge in [-0.25, -0.2) is 9.37 Å². The lowest BCUT2D eigenvalue weighted by molar-refractivity contribution is -0.282. The summed E-state index contributed by atoms with van der Waals surface area (Å²) in [6.07, 6.45) is 7.22. The first kappa shape index (κ1) is 23.8. The van der Waals surface area contributed by atoms with E-state index in [0.29, 0.717) is 18.7 Å². The molecule has 2 bridgehead atoms. The first-order valence-electron chi connectivity index (χ1n) is 13.5. The van der Waals surface area contributed by atoms with Crippen LogP contribution in [0, 0.1) is 11.3 Å². The fourth-order valence-corrected chi connectivity index (χ4v) is 8.76. The molecular formula is C30H36FN3O3. The number of pyridine rings is 1. The smallest absolute Gasteiger partial charge is 0.171 e. The molecule has 2 spiro atoms. The predicted molar refractivity (Wildman–Crippen MR) is 141 cm³/mol. The Morgan fingerprint density at radius 1 is 1.14 bits per heavy atom. The standard InChI is InChI=1S/C30H36FN3O3/c1-27-9-8-20-14-30(31)26(36)25(35)22(34(2)3)15-28(30)10-11-29(20,37-28)23(27)7-6-21(27)17-4-5-18-16-33-24(32)13-19(18)12-17/h4-6,8,12-13,16,22-23,25-26,35-36H,7,9-11,14-15H2,1-3H3,(H2,32,33)/t22-,23?,25+,26-,27+,28+,29+,30?/m0/s1. The largest absolute Gasteiger partial charge is 0.389 e. The second kappa shape index (κ2) is 7.41. The van der Waals surface area contributed by atoms with Gasteiger partial charge in [-0.05, 0) is 80.4 Å². The predicted octanol–water partition coefficient (Wildman–Crippen LogP) is 4.01. The molecule has 3 aliphatic carbocycles. The van der Waals surface area contributed by atoms with Crippen molar-refractivity contribution in [1.82, 2.24) is 9.88 Å². The molecule has 0 radical (unpaired) electrons. The van der Waals surface area contributed by atoms with E-state index in [9.17, 15) is 10.2 Å². The Morgan fingerprint density at radius 3 is 2.73 bits per heavy atom. The highest BCUT2D eigenvalue weighted by molar-refractivity contribution is 5.88. The van der Waals surface area contributed by atoms with Crippen LogP contribution in [0.3, 0.4) is 0 Å². The third-order valence-corrected chi connectivity index (χ3v) is 10.7. The van der Waals surface area contributed by atoms with E-state index < -0.39 is 29.1 Å². The monoisotopic (exact) mass is 505 g/mol. The van der Waals surface area contributed by atoms with E-state index in [1.54, 1.807) is 0 Å². The van der Waals surface area contributed by atoms with Gasteiger partial charge in [-0.15, -0.1) is 0 Å². The molecule has 37 heavy (non-hydrogen) atoms. The topological polar surface area (TPSA) is 91.8 Å². The van der Waals surface area contributed by atoms with Crippen molar-refractivity contribution in [2.75, 3.05) is 19.8 Å². The van der Waals surface area contributed by atoms with Gasteiger partial charge in [0.15, 0.2) is 5.67 Å². The second-order valence-electron chi connectivity index (χ2n) is 12.6. The second-order valence-corrected chi connectivity index (χ2v) is 12.6. The van der Waals surface area contributed by atoms with Crippen molar-refractivity contribution in [3.05, 3.63) is 53.8 Å². The van der Waals surface area contributed by atoms with E-state index in [-0.39, 0.29) is 23.8 Å². The number of nitrogen functional groups attached to an aromatic ring is 1. The SMILES string of the molecule is CN(C)[C@H]1C[C@@]23CC[C@@]4(O2)C(=CC[C@]2(C)C(c5ccc6cnc(N)cc6c5)=CCC24)CC3(F)[C@@H](O)[C@@H]1O. The van der Waals surface area contributed by atoms with Crippen LogP contribution in [0.15, 0.2) is 48.2 Å². The Morgan fingerprint density at radius 2 is 1.95 bits per heavy atom. The summed E-state index contributed by atoms with van der Waals surface area (Å²) in [5.41, 5.74) is 5.68. The molecule has 196 valence electrons. The first-order valence-corrected chi connectivity index (χ1v) is 13.5. The van der Waals surface area contributed by atoms with Crippen LogP contribution in [-0.2, 0) is 4.74 Å². The molecule has 2 unspecified atom stereocenters. The van der Waals surface area contributed by atoms with Gasteiger partial charge in [0.25, 0.3) is 0 Å². The van der Waals surface area contributed by atoms with Crippen molar-refractivity contribution >= 4 is 22.2 Å². The number of benzene rings is 1. The van der Waals surface area contributed by atoms with Gasteiger partial charge in [-0.3, -0.25) is 0 Å². The van der Waals surface area contributed by atoms with E-state index in [1.807, 2.05) is 31.3 Å². The maximum absolute atomic E-state index is 16.9. The minimum absolute atomic E-state index is 0.134. The molecule has 5 aliphatic rings. The number of rotatable bonds is 2. The van der Waals surface area contributed by atoms with Crippen LogP contribution in [0.5, 0.6) is 0 Å². The third-order valence-electron chi connectivity index (χ3n) is 10.7. The number of likely N-dealkylation sites (N-methyl/N-ethyl adjacent to an activating group) is 1. The Bertz CT molecular complexity index is 1380. The van der Waals surface area contributed by atoms with Crippen molar-refractivity contribution in [1.29, 1.82) is 0 Å². The number of hydrogen-bond acceptors (Lipinski definition) is 6. The molecule has 7 heteroatoms. The number of aliphatic hydroxyl groups is 2. The normalized spacial score (nSPS) is 44.3. The number of nitrogens with zero attached hydrogens (tertiary/aromatic N) is 2. The van der Waals surface area contributed by atoms with Gasteiger partial charge in [-0.2, -0.15) is 0 Å². The summed E-state index contributed by atoms with van der Waals surface area (Å²) in [4.78, 5) is 6.11. The highest BCUT2D eigenvalue weighted by atomic mass is 19.1. The number of allylic oxidation sites excluding steroid dienone is 3. The quantitative estimate of drug-likeness (QED) is 0.534. The molecule has 6 nitrogen and oxygen atoms in total. The van der Waals surface area contributed by atoms with Gasteiger partial charge < -0.3 is 25.6 Å². The zero-order chi connectivity index (χ0) is 26.0. The lowest BCUT2D eigenvalue weighted by Crippen LogP contribution is -2.73. The Hall–Kier alpha value is -2.32. The van der Waals surface area contributed by atoms with Crippen molar-refractivity contribution in [2.45, 2.75) is 80.6 Å². The molecule has 8 atom stereocenters. The number of fused-ring (bicyclic) bond motifs is 2. The number of nitrogens with two attached hydrogens (primary N) is 1. The van der Waals surface area contributed by atoms with Crippen LogP contribution in [0.1, 0.15) is 51.0 Å². The summed E-state index contributed by atoms with van der Waals surface area (Å²) >= 11 is 0. The molecule has 3 fully saturated rings. The van der Waals surface area contributed by atoms with Crippen molar-refractivity contribution in [3.8, 4) is 0 Å². The molecule has 2 aromatic rings. The van der Waals surface area contributed by atoms with E-state index in [1.165, 1.54) is 11.1 Å². The maximum Gasteiger partial charge on any atom is 0.171 e. The molecular weight excluding hydrogens is 469 g/mol. The van der Waals surface area contributed by atoms with Crippen molar-refractivity contribution in [3.63, 3.8) is 0 Å². The summed E-state index contributed by atoms with van der Waals surface area (Å²) in [6, 6.07) is 8.04. The van der Waals surface area contributed by atoms with Crippen LogP contribution >= 0.6 is 0 Å². The van der Waals surface area contributed by atoms with Gasteiger partial charge in [0.1, 0.15) is 17.5 Å². The number of anilines is 1. The van der Waals surface area contributed by atoms with E-state index >= 15 is 4.39 Å². The highest BCUT2D eigenvalue weighted by Gasteiger charge is 2.76. The lowest BCUT2D eigenvalue weighted by atomic mass is 9.56. The summed E-state index contributed by atoms with van der Waals surface area (Å²) in [7, 11) is 3.75. The van der Waals surface area contributed by atoms with E-state index in [2.05, 4.69) is 42.3 Å². The number of aliphatic hydroxyl groups excluding tert-OH is 2. The Kier molecular flexibility index (Phi) is 4.76. The maximum atomic E-state index is 16.9. The van der Waals surface area contributed by atoms with Gasteiger partial charge in [-0.1, -0.05) is 31.2 Å². The fourth-order valence-electron chi connectivity index (χ4n) is 8.76. The van der Waals surface area contributed by atoms with Crippen molar-refractivity contribution < 1.29 is 19.3 Å². The highest BCUT2D eigenvalue weighted by Crippen LogP contribution is 2.70. The fraction of sp³-hybridized carbons (Fsp3) is 0.567. The Labute approximate surface area is 217 Å². The summed E-state index contributed by atoms with van der Waals surface area (Å²) in [5.74, 6) is 0.703. The van der Waals surface area contributed by atoms with E-state index in [0.717, 1.165) is 35.6 Å². The Balaban J connectivity index is 1.29. The third kappa shape index (κ3) is 2.86.